The van der Waals surface area contributed by atoms with E-state index in [2.05, 4.69) is 12.1 Å². The third-order valence-corrected chi connectivity index (χ3v) is 5.34. The third kappa shape index (κ3) is 2.56. The SMILES string of the molecule is CCC(C)c1c(P(=O)(O)O)ccc2cc3ccccc3cc12. The van der Waals surface area contributed by atoms with Gasteiger partial charge in [-0.15, -0.1) is 0 Å². The lowest BCUT2D eigenvalue weighted by molar-refractivity contribution is 0.387. The van der Waals surface area contributed by atoms with Gasteiger partial charge in [0.15, 0.2) is 0 Å². The van der Waals surface area contributed by atoms with Crippen molar-refractivity contribution in [1.82, 2.24) is 0 Å². The van der Waals surface area contributed by atoms with Crippen LogP contribution in [0.2, 0.25) is 0 Å². The number of benzene rings is 3. The first kappa shape index (κ1) is 15.2. The molecule has 0 amide bonds. The molecule has 4 heteroatoms. The quantitative estimate of drug-likeness (QED) is 0.559. The highest BCUT2D eigenvalue weighted by atomic mass is 31.2. The average molecular weight is 314 g/mol. The fourth-order valence-corrected chi connectivity index (χ4v) is 3.92. The summed E-state index contributed by atoms with van der Waals surface area (Å²) in [5.41, 5.74) is 0.777. The molecule has 3 rings (SSSR count). The molecular weight excluding hydrogens is 295 g/mol. The van der Waals surface area contributed by atoms with Gasteiger partial charge in [0.1, 0.15) is 0 Å². The predicted octanol–water partition coefficient (Wildman–Crippen LogP) is 4.31. The van der Waals surface area contributed by atoms with Crippen molar-refractivity contribution in [1.29, 1.82) is 0 Å². The maximum atomic E-state index is 11.9. The highest BCUT2D eigenvalue weighted by molar-refractivity contribution is 7.60. The molecule has 1 atom stereocenters. The van der Waals surface area contributed by atoms with Crippen LogP contribution >= 0.6 is 7.60 Å². The summed E-state index contributed by atoms with van der Waals surface area (Å²) in [4.78, 5) is 19.4. The van der Waals surface area contributed by atoms with Crippen molar-refractivity contribution in [2.75, 3.05) is 0 Å². The van der Waals surface area contributed by atoms with Crippen molar-refractivity contribution in [3.05, 3.63) is 54.1 Å². The van der Waals surface area contributed by atoms with Crippen molar-refractivity contribution in [2.45, 2.75) is 26.2 Å². The summed E-state index contributed by atoms with van der Waals surface area (Å²) < 4.78 is 11.9. The van der Waals surface area contributed by atoms with Crippen LogP contribution in [0, 0.1) is 0 Å². The molecule has 0 saturated carbocycles. The molecule has 3 aromatic rings. The minimum Gasteiger partial charge on any atom is -0.321 e. The molecule has 0 spiro atoms. The average Bonchev–Trinajstić information content (AvgIpc) is 2.50. The van der Waals surface area contributed by atoms with E-state index in [4.69, 9.17) is 0 Å². The van der Waals surface area contributed by atoms with Crippen molar-refractivity contribution in [3.63, 3.8) is 0 Å². The summed E-state index contributed by atoms with van der Waals surface area (Å²) in [6.07, 6.45) is 0.832. The normalized spacial score (nSPS) is 13.6. The largest absolute Gasteiger partial charge is 0.356 e. The summed E-state index contributed by atoms with van der Waals surface area (Å²) in [6, 6.07) is 15.6. The minimum atomic E-state index is -4.29. The van der Waals surface area contributed by atoms with E-state index in [9.17, 15) is 14.4 Å². The lowest BCUT2D eigenvalue weighted by Crippen LogP contribution is -2.14. The standard InChI is InChI=1S/C18H19O3P/c1-3-12(2)18-16-11-14-7-5-4-6-13(14)10-15(16)8-9-17(18)22(19,20)21/h4-12H,3H2,1-2H3,(H2,19,20,21). The smallest absolute Gasteiger partial charge is 0.321 e. The molecule has 1 unspecified atom stereocenters. The molecule has 0 aliphatic carbocycles. The molecule has 0 saturated heterocycles. The van der Waals surface area contributed by atoms with Gasteiger partial charge in [0.25, 0.3) is 0 Å². The van der Waals surface area contributed by atoms with E-state index in [0.717, 1.165) is 33.5 Å². The molecule has 3 aromatic carbocycles. The van der Waals surface area contributed by atoms with E-state index in [0.29, 0.717) is 0 Å². The summed E-state index contributed by atoms with van der Waals surface area (Å²) in [5, 5.41) is 4.33. The van der Waals surface area contributed by atoms with Crippen LogP contribution in [-0.2, 0) is 4.57 Å². The van der Waals surface area contributed by atoms with Crippen molar-refractivity contribution < 1.29 is 14.4 Å². The van der Waals surface area contributed by atoms with E-state index in [1.165, 1.54) is 0 Å². The Morgan fingerprint density at radius 3 is 2.23 bits per heavy atom. The second-order valence-corrected chi connectivity index (χ2v) is 7.34. The maximum absolute atomic E-state index is 11.9. The molecule has 114 valence electrons. The maximum Gasteiger partial charge on any atom is 0.356 e. The van der Waals surface area contributed by atoms with Gasteiger partial charge in [-0.1, -0.05) is 44.2 Å². The van der Waals surface area contributed by atoms with Gasteiger partial charge in [-0.2, -0.15) is 0 Å². The highest BCUT2D eigenvalue weighted by Crippen LogP contribution is 2.40. The molecule has 0 heterocycles. The first-order valence-corrected chi connectivity index (χ1v) is 9.04. The molecule has 0 aliphatic rings. The Labute approximate surface area is 129 Å². The first-order chi connectivity index (χ1) is 10.4. The summed E-state index contributed by atoms with van der Waals surface area (Å²) >= 11 is 0. The van der Waals surface area contributed by atoms with E-state index in [1.807, 2.05) is 44.2 Å². The van der Waals surface area contributed by atoms with Crippen LogP contribution in [0.3, 0.4) is 0 Å². The predicted molar refractivity (Wildman–Crippen MR) is 91.8 cm³/mol. The van der Waals surface area contributed by atoms with Crippen molar-refractivity contribution >= 4 is 34.4 Å². The van der Waals surface area contributed by atoms with Crippen LogP contribution < -0.4 is 5.30 Å². The van der Waals surface area contributed by atoms with E-state index < -0.39 is 7.60 Å². The second kappa shape index (κ2) is 5.51. The monoisotopic (exact) mass is 314 g/mol. The van der Waals surface area contributed by atoms with Crippen LogP contribution in [0.25, 0.3) is 21.5 Å². The topological polar surface area (TPSA) is 57.5 Å². The minimum absolute atomic E-state index is 0.0903. The van der Waals surface area contributed by atoms with Gasteiger partial charge in [-0.05, 0) is 57.6 Å². The Morgan fingerprint density at radius 2 is 1.64 bits per heavy atom. The fourth-order valence-electron chi connectivity index (χ4n) is 3.00. The number of hydrogen-bond acceptors (Lipinski definition) is 1. The first-order valence-electron chi connectivity index (χ1n) is 7.43. The Bertz CT molecular complexity index is 895. The summed E-state index contributed by atoms with van der Waals surface area (Å²) in [5.74, 6) is 0.0903. The van der Waals surface area contributed by atoms with Crippen molar-refractivity contribution in [3.8, 4) is 0 Å². The zero-order valence-corrected chi connectivity index (χ0v) is 13.5. The molecule has 0 bridgehead atoms. The van der Waals surface area contributed by atoms with Crippen LogP contribution in [0.1, 0.15) is 31.7 Å². The molecule has 0 radical (unpaired) electrons. The summed E-state index contributed by atoms with van der Waals surface area (Å²) in [7, 11) is -4.29. The van der Waals surface area contributed by atoms with Gasteiger partial charge in [-0.3, -0.25) is 4.57 Å². The molecule has 0 aliphatic heterocycles. The van der Waals surface area contributed by atoms with Gasteiger partial charge in [0.05, 0.1) is 5.30 Å². The number of hydrogen-bond donors (Lipinski definition) is 2. The van der Waals surface area contributed by atoms with Crippen LogP contribution in [0.5, 0.6) is 0 Å². The molecular formula is C18H19O3P. The molecule has 22 heavy (non-hydrogen) atoms. The highest BCUT2D eigenvalue weighted by Gasteiger charge is 2.25. The molecule has 0 fully saturated rings. The third-order valence-electron chi connectivity index (χ3n) is 4.32. The van der Waals surface area contributed by atoms with Gasteiger partial charge in [0.2, 0.25) is 0 Å². The zero-order valence-electron chi connectivity index (χ0n) is 12.7. The lowest BCUT2D eigenvalue weighted by Gasteiger charge is -2.19. The van der Waals surface area contributed by atoms with Gasteiger partial charge >= 0.3 is 7.60 Å². The van der Waals surface area contributed by atoms with E-state index in [-0.39, 0.29) is 11.2 Å². The van der Waals surface area contributed by atoms with Gasteiger partial charge < -0.3 is 9.79 Å². The van der Waals surface area contributed by atoms with Crippen LogP contribution in [0.15, 0.2) is 48.5 Å². The van der Waals surface area contributed by atoms with E-state index >= 15 is 0 Å². The molecule has 2 N–H and O–H groups in total. The molecule has 3 nitrogen and oxygen atoms in total. The lowest BCUT2D eigenvalue weighted by atomic mass is 9.91. The van der Waals surface area contributed by atoms with E-state index in [1.54, 1.807) is 6.07 Å². The number of rotatable bonds is 3. The Balaban J connectivity index is 2.44. The Kier molecular flexibility index (Phi) is 3.82. The Hall–Kier alpha value is -1.67. The van der Waals surface area contributed by atoms with Crippen LogP contribution in [0.4, 0.5) is 0 Å². The number of fused-ring (bicyclic) bond motifs is 2. The second-order valence-electron chi connectivity index (χ2n) is 5.77. The fraction of sp³-hybridized carbons (Fsp3) is 0.222. The Morgan fingerprint density at radius 1 is 1.00 bits per heavy atom. The molecule has 0 aromatic heterocycles. The van der Waals surface area contributed by atoms with Crippen LogP contribution in [-0.4, -0.2) is 9.79 Å². The van der Waals surface area contributed by atoms with Gasteiger partial charge in [0, 0.05) is 0 Å². The zero-order chi connectivity index (χ0) is 15.9. The summed E-state index contributed by atoms with van der Waals surface area (Å²) in [6.45, 7) is 4.05. The van der Waals surface area contributed by atoms with Gasteiger partial charge in [-0.25, -0.2) is 0 Å². The van der Waals surface area contributed by atoms with Crippen molar-refractivity contribution in [2.24, 2.45) is 0 Å².